The third-order valence-electron chi connectivity index (χ3n) is 2.05. The predicted octanol–water partition coefficient (Wildman–Crippen LogP) is 2.71. The zero-order chi connectivity index (χ0) is 11.5. The summed E-state index contributed by atoms with van der Waals surface area (Å²) in [6.07, 6.45) is 2.91. The standard InChI is InChI=1S/C10H6ClN3O2/c11-10-9(5-12-6-13-10)7-1-3-8(4-2-7)14(15)16/h1-6H. The average molecular weight is 236 g/mol. The lowest BCUT2D eigenvalue weighted by molar-refractivity contribution is -0.384. The van der Waals surface area contributed by atoms with Gasteiger partial charge in [0.2, 0.25) is 0 Å². The molecule has 1 heterocycles. The van der Waals surface area contributed by atoms with E-state index >= 15 is 0 Å². The minimum Gasteiger partial charge on any atom is -0.258 e. The first-order chi connectivity index (χ1) is 7.68. The molecular formula is C10H6ClN3O2. The highest BCUT2D eigenvalue weighted by atomic mass is 35.5. The summed E-state index contributed by atoms with van der Waals surface area (Å²) in [7, 11) is 0. The summed E-state index contributed by atoms with van der Waals surface area (Å²) >= 11 is 5.88. The molecule has 6 heteroatoms. The number of hydrogen-bond acceptors (Lipinski definition) is 4. The lowest BCUT2D eigenvalue weighted by Gasteiger charge is -2.01. The molecule has 0 saturated carbocycles. The molecule has 0 radical (unpaired) electrons. The molecule has 2 aromatic rings. The second-order valence-electron chi connectivity index (χ2n) is 3.03. The first-order valence-corrected chi connectivity index (χ1v) is 4.76. The molecule has 0 spiro atoms. The third kappa shape index (κ3) is 1.99. The Kier molecular flexibility index (Phi) is 2.78. The van der Waals surface area contributed by atoms with Crippen molar-refractivity contribution in [2.45, 2.75) is 0 Å². The summed E-state index contributed by atoms with van der Waals surface area (Å²) in [5.41, 5.74) is 1.44. The number of benzene rings is 1. The molecule has 1 aromatic carbocycles. The van der Waals surface area contributed by atoms with Gasteiger partial charge in [-0.25, -0.2) is 9.97 Å². The van der Waals surface area contributed by atoms with Crippen molar-refractivity contribution in [3.05, 3.63) is 52.1 Å². The van der Waals surface area contributed by atoms with Crippen LogP contribution in [0.2, 0.25) is 5.15 Å². The highest BCUT2D eigenvalue weighted by Crippen LogP contribution is 2.26. The maximum Gasteiger partial charge on any atom is 0.269 e. The van der Waals surface area contributed by atoms with Crippen LogP contribution in [0, 0.1) is 10.1 Å². The first kappa shape index (κ1) is 10.5. The largest absolute Gasteiger partial charge is 0.269 e. The van der Waals surface area contributed by atoms with Crippen LogP contribution in [0.1, 0.15) is 0 Å². The lowest BCUT2D eigenvalue weighted by atomic mass is 10.1. The molecule has 0 aliphatic rings. The number of halogens is 1. The summed E-state index contributed by atoms with van der Waals surface area (Å²) in [6, 6.07) is 6.06. The van der Waals surface area contributed by atoms with E-state index in [2.05, 4.69) is 9.97 Å². The summed E-state index contributed by atoms with van der Waals surface area (Å²) < 4.78 is 0. The molecule has 0 N–H and O–H groups in total. The van der Waals surface area contributed by atoms with Gasteiger partial charge in [-0.3, -0.25) is 10.1 Å². The van der Waals surface area contributed by atoms with Crippen LogP contribution in [0.25, 0.3) is 11.1 Å². The lowest BCUT2D eigenvalue weighted by Crippen LogP contribution is -1.88. The van der Waals surface area contributed by atoms with Crippen LogP contribution in [-0.4, -0.2) is 14.9 Å². The van der Waals surface area contributed by atoms with Gasteiger partial charge in [-0.05, 0) is 17.7 Å². The Labute approximate surface area is 95.9 Å². The molecule has 80 valence electrons. The van der Waals surface area contributed by atoms with E-state index in [0.717, 1.165) is 5.56 Å². The topological polar surface area (TPSA) is 68.9 Å². The highest BCUT2D eigenvalue weighted by molar-refractivity contribution is 6.32. The van der Waals surface area contributed by atoms with E-state index in [1.54, 1.807) is 18.3 Å². The molecular weight excluding hydrogens is 230 g/mol. The number of non-ortho nitro benzene ring substituents is 1. The quantitative estimate of drug-likeness (QED) is 0.456. The number of nitro benzene ring substituents is 1. The molecule has 16 heavy (non-hydrogen) atoms. The van der Waals surface area contributed by atoms with Crippen LogP contribution < -0.4 is 0 Å². The molecule has 0 saturated heterocycles. The predicted molar refractivity (Wildman–Crippen MR) is 59.1 cm³/mol. The SMILES string of the molecule is O=[N+]([O-])c1ccc(-c2cncnc2Cl)cc1. The monoisotopic (exact) mass is 235 g/mol. The Bertz CT molecular complexity index is 528. The second kappa shape index (κ2) is 4.24. The van der Waals surface area contributed by atoms with E-state index in [4.69, 9.17) is 11.6 Å². The van der Waals surface area contributed by atoms with Crippen LogP contribution in [-0.2, 0) is 0 Å². The van der Waals surface area contributed by atoms with Crippen molar-refractivity contribution in [3.8, 4) is 11.1 Å². The van der Waals surface area contributed by atoms with Gasteiger partial charge in [-0.15, -0.1) is 0 Å². The van der Waals surface area contributed by atoms with Gasteiger partial charge in [0.25, 0.3) is 5.69 Å². The van der Waals surface area contributed by atoms with Gasteiger partial charge in [0, 0.05) is 23.9 Å². The summed E-state index contributed by atoms with van der Waals surface area (Å²) in [5, 5.41) is 10.8. The van der Waals surface area contributed by atoms with Crippen molar-refractivity contribution in [1.82, 2.24) is 9.97 Å². The molecule has 0 aliphatic carbocycles. The molecule has 0 fully saturated rings. The summed E-state index contributed by atoms with van der Waals surface area (Å²) in [5.74, 6) is 0. The van der Waals surface area contributed by atoms with Gasteiger partial charge >= 0.3 is 0 Å². The zero-order valence-corrected chi connectivity index (χ0v) is 8.76. The van der Waals surface area contributed by atoms with Crippen molar-refractivity contribution in [1.29, 1.82) is 0 Å². The van der Waals surface area contributed by atoms with E-state index < -0.39 is 4.92 Å². The molecule has 0 amide bonds. The average Bonchev–Trinajstić information content (AvgIpc) is 2.30. The Morgan fingerprint density at radius 2 is 1.94 bits per heavy atom. The Morgan fingerprint density at radius 3 is 2.50 bits per heavy atom. The van der Waals surface area contributed by atoms with E-state index in [0.29, 0.717) is 10.7 Å². The van der Waals surface area contributed by atoms with Crippen molar-refractivity contribution in [2.24, 2.45) is 0 Å². The van der Waals surface area contributed by atoms with Crippen LogP contribution in [0.4, 0.5) is 5.69 Å². The van der Waals surface area contributed by atoms with Gasteiger partial charge < -0.3 is 0 Å². The van der Waals surface area contributed by atoms with Crippen LogP contribution >= 0.6 is 11.6 Å². The van der Waals surface area contributed by atoms with E-state index in [-0.39, 0.29) is 5.69 Å². The van der Waals surface area contributed by atoms with Gasteiger partial charge in [0.1, 0.15) is 11.5 Å². The van der Waals surface area contributed by atoms with Gasteiger partial charge in [0.05, 0.1) is 4.92 Å². The van der Waals surface area contributed by atoms with E-state index in [1.807, 2.05) is 0 Å². The van der Waals surface area contributed by atoms with Crippen LogP contribution in [0.15, 0.2) is 36.8 Å². The van der Waals surface area contributed by atoms with Crippen LogP contribution in [0.5, 0.6) is 0 Å². The van der Waals surface area contributed by atoms with E-state index in [1.165, 1.54) is 18.5 Å². The first-order valence-electron chi connectivity index (χ1n) is 4.39. The molecule has 0 atom stereocenters. The number of hydrogen-bond donors (Lipinski definition) is 0. The van der Waals surface area contributed by atoms with Crippen LogP contribution in [0.3, 0.4) is 0 Å². The number of nitro groups is 1. The van der Waals surface area contributed by atoms with Crippen molar-refractivity contribution in [3.63, 3.8) is 0 Å². The molecule has 0 aliphatic heterocycles. The molecule has 2 rings (SSSR count). The number of aromatic nitrogens is 2. The Morgan fingerprint density at radius 1 is 1.25 bits per heavy atom. The van der Waals surface area contributed by atoms with Crippen molar-refractivity contribution in [2.75, 3.05) is 0 Å². The van der Waals surface area contributed by atoms with E-state index in [9.17, 15) is 10.1 Å². The molecule has 0 bridgehead atoms. The van der Waals surface area contributed by atoms with Gasteiger partial charge in [-0.1, -0.05) is 11.6 Å². The van der Waals surface area contributed by atoms with Gasteiger partial charge in [-0.2, -0.15) is 0 Å². The molecule has 0 unspecified atom stereocenters. The fraction of sp³-hybridized carbons (Fsp3) is 0. The third-order valence-corrected chi connectivity index (χ3v) is 2.35. The highest BCUT2D eigenvalue weighted by Gasteiger charge is 2.07. The minimum atomic E-state index is -0.452. The maximum absolute atomic E-state index is 10.5. The number of nitrogens with zero attached hydrogens (tertiary/aromatic N) is 3. The van der Waals surface area contributed by atoms with Crippen molar-refractivity contribution < 1.29 is 4.92 Å². The fourth-order valence-electron chi connectivity index (χ4n) is 1.27. The summed E-state index contributed by atoms with van der Waals surface area (Å²) in [4.78, 5) is 17.7. The smallest absolute Gasteiger partial charge is 0.258 e. The Hall–Kier alpha value is -2.01. The molecule has 5 nitrogen and oxygen atoms in total. The molecule has 1 aromatic heterocycles. The normalized spacial score (nSPS) is 10.1. The Balaban J connectivity index is 2.43. The maximum atomic E-state index is 10.5. The summed E-state index contributed by atoms with van der Waals surface area (Å²) in [6.45, 7) is 0. The zero-order valence-electron chi connectivity index (χ0n) is 8.00. The number of rotatable bonds is 2. The van der Waals surface area contributed by atoms with Crippen molar-refractivity contribution >= 4 is 17.3 Å². The van der Waals surface area contributed by atoms with Gasteiger partial charge in [0.15, 0.2) is 0 Å². The minimum absolute atomic E-state index is 0.0386. The fourth-order valence-corrected chi connectivity index (χ4v) is 1.47. The second-order valence-corrected chi connectivity index (χ2v) is 3.39.